The average molecular weight is 325 g/mol. The monoisotopic (exact) mass is 324 g/mol. The van der Waals surface area contributed by atoms with Gasteiger partial charge in [0.25, 0.3) is 0 Å². The van der Waals surface area contributed by atoms with Crippen molar-refractivity contribution in [3.05, 3.63) is 77.3 Å². The molecule has 0 aliphatic heterocycles. The van der Waals surface area contributed by atoms with E-state index in [0.29, 0.717) is 10.6 Å². The predicted octanol–water partition coefficient (Wildman–Crippen LogP) is 5.08. The van der Waals surface area contributed by atoms with E-state index in [4.69, 9.17) is 16.7 Å². The van der Waals surface area contributed by atoms with Crippen LogP contribution in [0, 0.1) is 0 Å². The van der Waals surface area contributed by atoms with Crippen molar-refractivity contribution in [1.29, 1.82) is 0 Å². The van der Waals surface area contributed by atoms with Gasteiger partial charge in [-0.25, -0.2) is 4.79 Å². The van der Waals surface area contributed by atoms with Gasteiger partial charge in [-0.2, -0.15) is 0 Å². The highest BCUT2D eigenvalue weighted by Crippen LogP contribution is 2.31. The lowest BCUT2D eigenvalue weighted by Gasteiger charge is -2.08. The first-order valence-electron chi connectivity index (χ1n) is 6.97. The third kappa shape index (κ3) is 3.20. The number of phenolic OH excluding ortho intramolecular Hbond substituents is 1. The second kappa shape index (κ2) is 6.15. The van der Waals surface area contributed by atoms with Crippen molar-refractivity contribution in [2.45, 2.75) is 0 Å². The fourth-order valence-electron chi connectivity index (χ4n) is 2.38. The highest BCUT2D eigenvalue weighted by molar-refractivity contribution is 6.33. The molecule has 0 saturated heterocycles. The van der Waals surface area contributed by atoms with Crippen LogP contribution in [0.15, 0.2) is 66.7 Å². The Morgan fingerprint density at radius 3 is 1.87 bits per heavy atom. The number of carbonyl (C=O) groups is 1. The zero-order chi connectivity index (χ0) is 16.4. The molecule has 0 bridgehead atoms. The summed E-state index contributed by atoms with van der Waals surface area (Å²) in [6.45, 7) is 0. The Morgan fingerprint density at radius 1 is 0.783 bits per heavy atom. The summed E-state index contributed by atoms with van der Waals surface area (Å²) in [5.41, 5.74) is 3.72. The second-order valence-electron chi connectivity index (χ2n) is 5.12. The Labute approximate surface area is 138 Å². The van der Waals surface area contributed by atoms with E-state index < -0.39 is 5.97 Å². The van der Waals surface area contributed by atoms with Crippen LogP contribution in [0.1, 0.15) is 10.4 Å². The molecule has 0 fully saturated rings. The highest BCUT2D eigenvalue weighted by Gasteiger charge is 2.09. The molecule has 3 nitrogen and oxygen atoms in total. The van der Waals surface area contributed by atoms with E-state index in [1.165, 1.54) is 6.07 Å². The molecule has 0 radical (unpaired) electrons. The summed E-state index contributed by atoms with van der Waals surface area (Å²) in [5, 5.41) is 18.9. The van der Waals surface area contributed by atoms with Crippen LogP contribution in [0.5, 0.6) is 5.75 Å². The number of aromatic carboxylic acids is 1. The van der Waals surface area contributed by atoms with E-state index in [9.17, 15) is 9.90 Å². The topological polar surface area (TPSA) is 57.5 Å². The summed E-state index contributed by atoms with van der Waals surface area (Å²) in [7, 11) is 0. The molecule has 114 valence electrons. The fourth-order valence-corrected chi connectivity index (χ4v) is 2.60. The lowest BCUT2D eigenvalue weighted by Crippen LogP contribution is -1.96. The Hall–Kier alpha value is -2.78. The smallest absolute Gasteiger partial charge is 0.335 e. The van der Waals surface area contributed by atoms with Gasteiger partial charge in [-0.3, -0.25) is 0 Å². The molecule has 3 aromatic rings. The molecule has 0 unspecified atom stereocenters. The molecule has 0 amide bonds. The molecule has 0 aliphatic rings. The van der Waals surface area contributed by atoms with E-state index in [2.05, 4.69) is 0 Å². The van der Waals surface area contributed by atoms with Gasteiger partial charge in [-0.1, -0.05) is 48.0 Å². The van der Waals surface area contributed by atoms with Crippen LogP contribution < -0.4 is 0 Å². The summed E-state index contributed by atoms with van der Waals surface area (Å²) in [5.74, 6) is -0.758. The number of halogens is 1. The standard InChI is InChI=1S/C19H13ClO3/c20-18-10-7-15(19(22)23)11-17(18)14-3-1-12(2-4-14)13-5-8-16(21)9-6-13/h1-11,21H,(H,22,23). The van der Waals surface area contributed by atoms with Gasteiger partial charge < -0.3 is 10.2 Å². The van der Waals surface area contributed by atoms with E-state index >= 15 is 0 Å². The first kappa shape index (κ1) is 15.1. The molecule has 3 rings (SSSR count). The molecule has 0 spiro atoms. The van der Waals surface area contributed by atoms with Crippen molar-refractivity contribution >= 4 is 17.6 Å². The quantitative estimate of drug-likeness (QED) is 0.706. The largest absolute Gasteiger partial charge is 0.508 e. The van der Waals surface area contributed by atoms with E-state index in [1.807, 2.05) is 36.4 Å². The van der Waals surface area contributed by atoms with Crippen molar-refractivity contribution in [2.75, 3.05) is 0 Å². The third-order valence-electron chi connectivity index (χ3n) is 3.61. The summed E-state index contributed by atoms with van der Waals surface area (Å²) in [6, 6.07) is 19.3. The lowest BCUT2D eigenvalue weighted by atomic mass is 9.99. The van der Waals surface area contributed by atoms with Gasteiger partial charge in [0.2, 0.25) is 0 Å². The van der Waals surface area contributed by atoms with Crippen LogP contribution in [-0.2, 0) is 0 Å². The number of benzene rings is 3. The molecule has 2 N–H and O–H groups in total. The zero-order valence-electron chi connectivity index (χ0n) is 12.0. The van der Waals surface area contributed by atoms with Gasteiger partial charge in [-0.15, -0.1) is 0 Å². The minimum Gasteiger partial charge on any atom is -0.508 e. The van der Waals surface area contributed by atoms with Crippen LogP contribution in [0.4, 0.5) is 0 Å². The summed E-state index contributed by atoms with van der Waals surface area (Å²) in [4.78, 5) is 11.1. The van der Waals surface area contributed by atoms with E-state index in [1.54, 1.807) is 24.3 Å². The predicted molar refractivity (Wildman–Crippen MR) is 90.9 cm³/mol. The Balaban J connectivity index is 1.98. The molecular formula is C19H13ClO3. The molecule has 0 aromatic heterocycles. The van der Waals surface area contributed by atoms with Crippen LogP contribution in [0.2, 0.25) is 5.02 Å². The maximum absolute atomic E-state index is 11.1. The number of aromatic hydroxyl groups is 1. The van der Waals surface area contributed by atoms with Crippen molar-refractivity contribution in [1.82, 2.24) is 0 Å². The fraction of sp³-hybridized carbons (Fsp3) is 0. The summed E-state index contributed by atoms with van der Waals surface area (Å²) < 4.78 is 0. The van der Waals surface area contributed by atoms with Gasteiger partial charge in [0.05, 0.1) is 5.56 Å². The van der Waals surface area contributed by atoms with Crippen molar-refractivity contribution in [2.24, 2.45) is 0 Å². The van der Waals surface area contributed by atoms with Gasteiger partial charge in [0, 0.05) is 10.6 Å². The SMILES string of the molecule is O=C(O)c1ccc(Cl)c(-c2ccc(-c3ccc(O)cc3)cc2)c1. The maximum atomic E-state index is 11.1. The van der Waals surface area contributed by atoms with Gasteiger partial charge in [-0.05, 0) is 47.0 Å². The molecule has 0 atom stereocenters. The number of rotatable bonds is 3. The van der Waals surface area contributed by atoms with Crippen LogP contribution >= 0.6 is 11.6 Å². The number of carboxylic acids is 1. The minimum absolute atomic E-state index is 0.201. The van der Waals surface area contributed by atoms with Crippen molar-refractivity contribution in [3.8, 4) is 28.0 Å². The Morgan fingerprint density at radius 2 is 1.30 bits per heavy atom. The van der Waals surface area contributed by atoms with E-state index in [0.717, 1.165) is 16.7 Å². The molecular weight excluding hydrogens is 312 g/mol. The van der Waals surface area contributed by atoms with Gasteiger partial charge in [0.15, 0.2) is 0 Å². The molecule has 0 aliphatic carbocycles. The van der Waals surface area contributed by atoms with E-state index in [-0.39, 0.29) is 11.3 Å². The van der Waals surface area contributed by atoms with Gasteiger partial charge in [0.1, 0.15) is 5.75 Å². The normalized spacial score (nSPS) is 10.5. The van der Waals surface area contributed by atoms with Crippen molar-refractivity contribution in [3.63, 3.8) is 0 Å². The van der Waals surface area contributed by atoms with Gasteiger partial charge >= 0.3 is 5.97 Å². The first-order valence-corrected chi connectivity index (χ1v) is 7.35. The Kier molecular flexibility index (Phi) is 4.04. The lowest BCUT2D eigenvalue weighted by molar-refractivity contribution is 0.0697. The number of phenols is 1. The minimum atomic E-state index is -0.983. The molecule has 23 heavy (non-hydrogen) atoms. The second-order valence-corrected chi connectivity index (χ2v) is 5.53. The summed E-state index contributed by atoms with van der Waals surface area (Å²) >= 11 is 6.19. The number of hydrogen-bond donors (Lipinski definition) is 2. The van der Waals surface area contributed by atoms with Crippen LogP contribution in [0.25, 0.3) is 22.3 Å². The average Bonchev–Trinajstić information content (AvgIpc) is 2.56. The van der Waals surface area contributed by atoms with Crippen molar-refractivity contribution < 1.29 is 15.0 Å². The molecule has 3 aromatic carbocycles. The Bertz CT molecular complexity index is 853. The molecule has 4 heteroatoms. The third-order valence-corrected chi connectivity index (χ3v) is 3.94. The van der Waals surface area contributed by atoms with Crippen LogP contribution in [-0.4, -0.2) is 16.2 Å². The molecule has 0 heterocycles. The molecule has 0 saturated carbocycles. The zero-order valence-corrected chi connectivity index (χ0v) is 12.8. The first-order chi connectivity index (χ1) is 11.0. The maximum Gasteiger partial charge on any atom is 0.335 e. The number of carboxylic acid groups (broad SMARTS) is 1. The highest BCUT2D eigenvalue weighted by atomic mass is 35.5. The van der Waals surface area contributed by atoms with Crippen LogP contribution in [0.3, 0.4) is 0 Å². The summed E-state index contributed by atoms with van der Waals surface area (Å²) in [6.07, 6.45) is 0. The number of hydrogen-bond acceptors (Lipinski definition) is 2.